The molecule has 10 heteroatoms. The fraction of sp³-hybridized carbons (Fsp3) is 0.400. The van der Waals surface area contributed by atoms with Gasteiger partial charge in [-0.2, -0.15) is 0 Å². The Bertz CT molecular complexity index is 1020. The molecule has 0 bridgehead atoms. The molecule has 158 valence electrons. The third-order valence-corrected chi connectivity index (χ3v) is 6.82. The maximum Gasteiger partial charge on any atom is 0.288 e. The molecular formula is C20H20ClN3O5S. The first-order chi connectivity index (χ1) is 14.4. The number of thiophene rings is 1. The van der Waals surface area contributed by atoms with Crippen LogP contribution in [0.2, 0.25) is 5.02 Å². The summed E-state index contributed by atoms with van der Waals surface area (Å²) in [6.07, 6.45) is 4.56. The highest BCUT2D eigenvalue weighted by molar-refractivity contribution is 7.17. The topological polar surface area (TPSA) is 111 Å². The number of ether oxygens (including phenoxy) is 1. The van der Waals surface area contributed by atoms with Crippen molar-refractivity contribution >= 4 is 45.4 Å². The lowest BCUT2D eigenvalue weighted by Crippen LogP contribution is -2.32. The monoisotopic (exact) mass is 449 g/mol. The highest BCUT2D eigenvalue weighted by Crippen LogP contribution is 2.39. The normalized spacial score (nSPS) is 17.6. The molecule has 2 heterocycles. The molecule has 1 atom stereocenters. The van der Waals surface area contributed by atoms with Crippen LogP contribution in [0, 0.1) is 10.1 Å². The highest BCUT2D eigenvalue weighted by atomic mass is 35.5. The summed E-state index contributed by atoms with van der Waals surface area (Å²) in [5, 5.41) is 17.2. The number of hydrogen-bond acceptors (Lipinski definition) is 6. The molecule has 1 aliphatic carbocycles. The number of amides is 2. The maximum atomic E-state index is 12.9. The molecule has 0 saturated carbocycles. The number of hydrogen-bond donors (Lipinski definition) is 2. The lowest BCUT2D eigenvalue weighted by molar-refractivity contribution is -0.384. The smallest absolute Gasteiger partial charge is 0.288 e. The number of carbonyl (C=O) groups excluding carboxylic acids is 2. The van der Waals surface area contributed by atoms with Crippen molar-refractivity contribution in [2.45, 2.75) is 38.2 Å². The van der Waals surface area contributed by atoms with Gasteiger partial charge in [0.1, 0.15) is 10.0 Å². The Morgan fingerprint density at radius 2 is 2.10 bits per heavy atom. The zero-order valence-corrected chi connectivity index (χ0v) is 17.6. The van der Waals surface area contributed by atoms with Crippen LogP contribution < -0.4 is 10.6 Å². The number of nitro benzene ring substituents is 1. The van der Waals surface area contributed by atoms with Crippen molar-refractivity contribution in [2.24, 2.45) is 0 Å². The van der Waals surface area contributed by atoms with Crippen LogP contribution in [0.1, 0.15) is 50.4 Å². The second-order valence-corrected chi connectivity index (χ2v) is 8.80. The first-order valence-corrected chi connectivity index (χ1v) is 10.9. The zero-order valence-electron chi connectivity index (χ0n) is 16.0. The Labute approximate surface area is 181 Å². The van der Waals surface area contributed by atoms with E-state index in [0.29, 0.717) is 23.7 Å². The van der Waals surface area contributed by atoms with Gasteiger partial charge in [0.2, 0.25) is 0 Å². The number of anilines is 1. The number of halogens is 1. The first-order valence-electron chi connectivity index (χ1n) is 9.73. The van der Waals surface area contributed by atoms with Crippen LogP contribution in [0.5, 0.6) is 0 Å². The van der Waals surface area contributed by atoms with Crippen LogP contribution in [0.3, 0.4) is 0 Å². The van der Waals surface area contributed by atoms with Crippen LogP contribution >= 0.6 is 22.9 Å². The van der Waals surface area contributed by atoms with Crippen LogP contribution in [0.4, 0.5) is 10.7 Å². The van der Waals surface area contributed by atoms with Crippen molar-refractivity contribution < 1.29 is 19.2 Å². The number of fused-ring (bicyclic) bond motifs is 1. The number of benzene rings is 1. The number of nitro groups is 1. The zero-order chi connectivity index (χ0) is 21.3. The minimum Gasteiger partial charge on any atom is -0.376 e. The second-order valence-electron chi connectivity index (χ2n) is 7.28. The molecule has 2 N–H and O–H groups in total. The summed E-state index contributed by atoms with van der Waals surface area (Å²) in [6.45, 7) is 1.14. The predicted molar refractivity (Wildman–Crippen MR) is 114 cm³/mol. The summed E-state index contributed by atoms with van der Waals surface area (Å²) in [4.78, 5) is 37.2. The predicted octanol–water partition coefficient (Wildman–Crippen LogP) is 3.96. The fourth-order valence-corrected chi connectivity index (χ4v) is 5.27. The van der Waals surface area contributed by atoms with E-state index in [-0.39, 0.29) is 28.3 Å². The lowest BCUT2D eigenvalue weighted by Gasteiger charge is -2.12. The van der Waals surface area contributed by atoms with Gasteiger partial charge in [-0.3, -0.25) is 19.7 Å². The summed E-state index contributed by atoms with van der Waals surface area (Å²) in [5.74, 6) is -0.759. The van der Waals surface area contributed by atoms with Crippen LogP contribution in [-0.2, 0) is 17.6 Å². The molecule has 8 nitrogen and oxygen atoms in total. The summed E-state index contributed by atoms with van der Waals surface area (Å²) in [5.41, 5.74) is 1.22. The summed E-state index contributed by atoms with van der Waals surface area (Å²) in [6, 6.07) is 3.87. The molecule has 0 unspecified atom stereocenters. The van der Waals surface area contributed by atoms with E-state index in [4.69, 9.17) is 16.3 Å². The van der Waals surface area contributed by atoms with Gasteiger partial charge in [-0.1, -0.05) is 11.6 Å². The molecule has 0 spiro atoms. The van der Waals surface area contributed by atoms with Gasteiger partial charge in [-0.25, -0.2) is 0 Å². The Hall–Kier alpha value is -2.49. The molecule has 1 aromatic carbocycles. The van der Waals surface area contributed by atoms with E-state index in [1.54, 1.807) is 0 Å². The molecule has 0 radical (unpaired) electrons. The van der Waals surface area contributed by atoms with E-state index < -0.39 is 10.8 Å². The SMILES string of the molecule is O=C(Nc1sc2c(c1C(=O)NC[C@H]1CCCO1)CCC2)c1ccc(Cl)c([N+](=O)[O-])c1. The molecule has 1 saturated heterocycles. The average molecular weight is 450 g/mol. The van der Waals surface area contributed by atoms with Crippen molar-refractivity contribution in [1.82, 2.24) is 5.32 Å². The number of aryl methyl sites for hydroxylation is 1. The molecule has 2 aromatic rings. The molecule has 4 rings (SSSR count). The summed E-state index contributed by atoms with van der Waals surface area (Å²) >= 11 is 7.22. The van der Waals surface area contributed by atoms with Gasteiger partial charge >= 0.3 is 0 Å². The van der Waals surface area contributed by atoms with Crippen molar-refractivity contribution in [2.75, 3.05) is 18.5 Å². The number of rotatable bonds is 6. The lowest BCUT2D eigenvalue weighted by atomic mass is 10.1. The van der Waals surface area contributed by atoms with Gasteiger partial charge in [0.25, 0.3) is 17.5 Å². The van der Waals surface area contributed by atoms with Crippen molar-refractivity contribution in [3.05, 3.63) is 54.9 Å². The van der Waals surface area contributed by atoms with E-state index >= 15 is 0 Å². The van der Waals surface area contributed by atoms with Crippen LogP contribution in [0.15, 0.2) is 18.2 Å². The number of carbonyl (C=O) groups is 2. The molecule has 1 aliphatic heterocycles. The van der Waals surface area contributed by atoms with Crippen molar-refractivity contribution in [3.8, 4) is 0 Å². The van der Waals surface area contributed by atoms with E-state index in [1.807, 2.05) is 0 Å². The maximum absolute atomic E-state index is 12.9. The third-order valence-electron chi connectivity index (χ3n) is 5.29. The molecular weight excluding hydrogens is 430 g/mol. The first kappa shape index (κ1) is 20.8. The average Bonchev–Trinajstić information content (AvgIpc) is 3.43. The standard InChI is InChI=1S/C20H20ClN3O5S/c21-14-7-6-11(9-15(14)24(27)28)18(25)23-20-17(13-4-1-5-16(13)30-20)19(26)22-10-12-3-2-8-29-12/h6-7,9,12H,1-5,8,10H2,(H,22,26)(H,23,25)/t12-/m1/s1. The van der Waals surface area contributed by atoms with Crippen molar-refractivity contribution in [1.29, 1.82) is 0 Å². The van der Waals surface area contributed by atoms with E-state index in [2.05, 4.69) is 10.6 Å². The summed E-state index contributed by atoms with van der Waals surface area (Å²) in [7, 11) is 0. The molecule has 2 aliphatic rings. The van der Waals surface area contributed by atoms with Gasteiger partial charge in [0, 0.05) is 29.7 Å². The second kappa shape index (κ2) is 8.71. The Morgan fingerprint density at radius 1 is 1.27 bits per heavy atom. The Kier molecular flexibility index (Phi) is 6.03. The van der Waals surface area contributed by atoms with Gasteiger partial charge in [-0.15, -0.1) is 11.3 Å². The van der Waals surface area contributed by atoms with Crippen molar-refractivity contribution in [3.63, 3.8) is 0 Å². The quantitative estimate of drug-likeness (QED) is 0.512. The molecule has 1 aromatic heterocycles. The summed E-state index contributed by atoms with van der Waals surface area (Å²) < 4.78 is 5.56. The Balaban J connectivity index is 1.55. The van der Waals surface area contributed by atoms with E-state index in [1.165, 1.54) is 23.5 Å². The van der Waals surface area contributed by atoms with Gasteiger partial charge in [-0.05, 0) is 49.8 Å². The van der Waals surface area contributed by atoms with Gasteiger partial charge in [0.05, 0.1) is 16.6 Å². The highest BCUT2D eigenvalue weighted by Gasteiger charge is 2.28. The van der Waals surface area contributed by atoms with Crippen LogP contribution in [0.25, 0.3) is 0 Å². The molecule has 2 amide bonds. The number of nitrogens with one attached hydrogen (secondary N) is 2. The fourth-order valence-electron chi connectivity index (χ4n) is 3.80. The largest absolute Gasteiger partial charge is 0.376 e. The minimum absolute atomic E-state index is 0.0216. The molecule has 1 fully saturated rings. The van der Waals surface area contributed by atoms with E-state index in [0.717, 1.165) is 48.6 Å². The van der Waals surface area contributed by atoms with Gasteiger partial charge in [0.15, 0.2) is 0 Å². The van der Waals surface area contributed by atoms with Gasteiger partial charge < -0.3 is 15.4 Å². The Morgan fingerprint density at radius 3 is 2.83 bits per heavy atom. The number of nitrogens with zero attached hydrogens (tertiary/aromatic N) is 1. The van der Waals surface area contributed by atoms with E-state index in [9.17, 15) is 19.7 Å². The van der Waals surface area contributed by atoms with Crippen LogP contribution in [-0.4, -0.2) is 36.0 Å². The minimum atomic E-state index is -0.636. The molecule has 30 heavy (non-hydrogen) atoms. The third kappa shape index (κ3) is 4.19.